The van der Waals surface area contributed by atoms with E-state index < -0.39 is 0 Å². The molecule has 0 saturated heterocycles. The third-order valence-electron chi connectivity index (χ3n) is 4.14. The standard InChI is InChI=1S/C16H17N5O/c1-10-4-3-5-11(6-10)15-19-16(22-20-15)14-7-12-13(8-21(14)2)18-9-17-12/h3-6,9,14H,7-8H2,1-2H3,(H,17,18)/t14-/m0/s1. The lowest BCUT2D eigenvalue weighted by atomic mass is 10.0. The normalized spacial score (nSPS) is 18.4. The lowest BCUT2D eigenvalue weighted by Gasteiger charge is -2.28. The van der Waals surface area contributed by atoms with E-state index in [1.54, 1.807) is 6.33 Å². The molecule has 0 amide bonds. The number of benzene rings is 1. The predicted molar refractivity (Wildman–Crippen MR) is 81.0 cm³/mol. The fourth-order valence-electron chi connectivity index (χ4n) is 2.91. The van der Waals surface area contributed by atoms with Crippen LogP contribution in [0.5, 0.6) is 0 Å². The number of aromatic amines is 1. The molecule has 0 radical (unpaired) electrons. The average molecular weight is 295 g/mol. The number of likely N-dealkylation sites (N-methyl/N-ethyl adjacent to an activating group) is 1. The summed E-state index contributed by atoms with van der Waals surface area (Å²) in [6.07, 6.45) is 2.53. The second-order valence-corrected chi connectivity index (χ2v) is 5.79. The van der Waals surface area contributed by atoms with Crippen LogP contribution in [0.1, 0.15) is 28.9 Å². The maximum absolute atomic E-state index is 5.52. The SMILES string of the molecule is Cc1cccc(-c2noc([C@@H]3Cc4nc[nH]c4CN3C)n2)c1. The van der Waals surface area contributed by atoms with Crippen molar-refractivity contribution in [2.45, 2.75) is 25.9 Å². The number of nitrogens with one attached hydrogen (secondary N) is 1. The summed E-state index contributed by atoms with van der Waals surface area (Å²) in [5, 5.41) is 4.14. The molecule has 2 aromatic heterocycles. The molecule has 1 N–H and O–H groups in total. The van der Waals surface area contributed by atoms with Crippen LogP contribution in [0.4, 0.5) is 0 Å². The summed E-state index contributed by atoms with van der Waals surface area (Å²) in [6, 6.07) is 8.19. The van der Waals surface area contributed by atoms with Crippen molar-refractivity contribution in [2.24, 2.45) is 0 Å². The summed E-state index contributed by atoms with van der Waals surface area (Å²) < 4.78 is 5.52. The number of aryl methyl sites for hydroxylation is 1. The van der Waals surface area contributed by atoms with Gasteiger partial charge in [0.2, 0.25) is 11.7 Å². The van der Waals surface area contributed by atoms with Gasteiger partial charge in [0, 0.05) is 18.5 Å². The smallest absolute Gasteiger partial charge is 0.244 e. The highest BCUT2D eigenvalue weighted by molar-refractivity contribution is 5.55. The van der Waals surface area contributed by atoms with Gasteiger partial charge >= 0.3 is 0 Å². The van der Waals surface area contributed by atoms with Gasteiger partial charge in [-0.05, 0) is 20.0 Å². The lowest BCUT2D eigenvalue weighted by molar-refractivity contribution is 0.171. The number of fused-ring (bicyclic) bond motifs is 1. The molecule has 1 aliphatic heterocycles. The average Bonchev–Trinajstić information content (AvgIpc) is 3.14. The molecule has 0 aliphatic carbocycles. The molecule has 4 rings (SSSR count). The van der Waals surface area contributed by atoms with Gasteiger partial charge in [0.25, 0.3) is 0 Å². The lowest BCUT2D eigenvalue weighted by Crippen LogP contribution is -2.31. The van der Waals surface area contributed by atoms with Gasteiger partial charge in [-0.3, -0.25) is 4.90 Å². The number of imidazole rings is 1. The van der Waals surface area contributed by atoms with Crippen molar-refractivity contribution < 1.29 is 4.52 Å². The summed E-state index contributed by atoms with van der Waals surface area (Å²) in [4.78, 5) is 14.3. The highest BCUT2D eigenvalue weighted by Crippen LogP contribution is 2.30. The molecule has 1 aliphatic rings. The highest BCUT2D eigenvalue weighted by Gasteiger charge is 2.30. The van der Waals surface area contributed by atoms with Crippen LogP contribution in [0.25, 0.3) is 11.4 Å². The molecule has 1 atom stereocenters. The predicted octanol–water partition coefficient (Wildman–Crippen LogP) is 2.50. The quantitative estimate of drug-likeness (QED) is 0.786. The number of H-pyrrole nitrogens is 1. The minimum atomic E-state index is 0.0712. The van der Waals surface area contributed by atoms with Gasteiger partial charge in [-0.25, -0.2) is 4.98 Å². The first-order valence-corrected chi connectivity index (χ1v) is 7.33. The van der Waals surface area contributed by atoms with Gasteiger partial charge < -0.3 is 9.51 Å². The Bertz CT molecular complexity index is 806. The molecule has 0 saturated carbocycles. The van der Waals surface area contributed by atoms with Crippen LogP contribution >= 0.6 is 0 Å². The van der Waals surface area contributed by atoms with Crippen LogP contribution in [0, 0.1) is 6.92 Å². The minimum Gasteiger partial charge on any atom is -0.347 e. The molecule has 0 unspecified atom stereocenters. The largest absolute Gasteiger partial charge is 0.347 e. The third kappa shape index (κ3) is 2.21. The summed E-state index contributed by atoms with van der Waals surface area (Å²) in [6.45, 7) is 2.86. The van der Waals surface area contributed by atoms with Crippen LogP contribution < -0.4 is 0 Å². The summed E-state index contributed by atoms with van der Waals surface area (Å²) in [5.74, 6) is 1.28. The topological polar surface area (TPSA) is 70.8 Å². The van der Waals surface area contributed by atoms with E-state index in [1.165, 1.54) is 5.56 Å². The zero-order valence-corrected chi connectivity index (χ0v) is 12.6. The minimum absolute atomic E-state index is 0.0712. The monoisotopic (exact) mass is 295 g/mol. The molecule has 0 bridgehead atoms. The maximum Gasteiger partial charge on any atom is 0.244 e. The Morgan fingerprint density at radius 1 is 1.36 bits per heavy atom. The Hall–Kier alpha value is -2.47. The Morgan fingerprint density at radius 3 is 3.14 bits per heavy atom. The van der Waals surface area contributed by atoms with E-state index in [0.29, 0.717) is 11.7 Å². The van der Waals surface area contributed by atoms with E-state index in [1.807, 2.05) is 12.1 Å². The van der Waals surface area contributed by atoms with Crippen molar-refractivity contribution in [3.8, 4) is 11.4 Å². The third-order valence-corrected chi connectivity index (χ3v) is 4.14. The zero-order valence-electron chi connectivity index (χ0n) is 12.6. The van der Waals surface area contributed by atoms with Crippen molar-refractivity contribution in [3.05, 3.63) is 53.4 Å². The van der Waals surface area contributed by atoms with Crippen LogP contribution in [0.15, 0.2) is 35.1 Å². The van der Waals surface area contributed by atoms with E-state index >= 15 is 0 Å². The number of nitrogens with zero attached hydrogens (tertiary/aromatic N) is 4. The first-order valence-electron chi connectivity index (χ1n) is 7.33. The molecule has 6 nitrogen and oxygen atoms in total. The van der Waals surface area contributed by atoms with Gasteiger partial charge in [-0.2, -0.15) is 4.98 Å². The first kappa shape index (κ1) is 13.2. The van der Waals surface area contributed by atoms with E-state index in [2.05, 4.69) is 51.1 Å². The highest BCUT2D eigenvalue weighted by atomic mass is 16.5. The first-order chi connectivity index (χ1) is 10.7. The summed E-state index contributed by atoms with van der Waals surface area (Å²) in [7, 11) is 2.06. The van der Waals surface area contributed by atoms with Crippen LogP contribution in [-0.2, 0) is 13.0 Å². The molecular weight excluding hydrogens is 278 g/mol. The molecule has 3 heterocycles. The van der Waals surface area contributed by atoms with Gasteiger partial charge in [-0.1, -0.05) is 28.9 Å². The molecule has 22 heavy (non-hydrogen) atoms. The van der Waals surface area contributed by atoms with Crippen molar-refractivity contribution >= 4 is 0 Å². The summed E-state index contributed by atoms with van der Waals surface area (Å²) >= 11 is 0. The second kappa shape index (κ2) is 5.06. The van der Waals surface area contributed by atoms with Crippen molar-refractivity contribution in [1.82, 2.24) is 25.0 Å². The van der Waals surface area contributed by atoms with Crippen LogP contribution in [0.3, 0.4) is 0 Å². The Labute approximate surface area is 128 Å². The van der Waals surface area contributed by atoms with E-state index in [0.717, 1.165) is 29.9 Å². The van der Waals surface area contributed by atoms with Crippen LogP contribution in [-0.4, -0.2) is 32.1 Å². The number of hydrogen-bond donors (Lipinski definition) is 1. The number of aromatic nitrogens is 4. The van der Waals surface area contributed by atoms with Gasteiger partial charge in [0.15, 0.2) is 0 Å². The molecule has 6 heteroatoms. The van der Waals surface area contributed by atoms with E-state index in [4.69, 9.17) is 4.52 Å². The van der Waals surface area contributed by atoms with Crippen molar-refractivity contribution in [2.75, 3.05) is 7.05 Å². The number of rotatable bonds is 2. The fraction of sp³-hybridized carbons (Fsp3) is 0.312. The Balaban J connectivity index is 1.64. The molecule has 0 spiro atoms. The molecular formula is C16H17N5O. The van der Waals surface area contributed by atoms with Gasteiger partial charge in [0.1, 0.15) is 0 Å². The van der Waals surface area contributed by atoms with Gasteiger partial charge in [-0.15, -0.1) is 0 Å². The van der Waals surface area contributed by atoms with Crippen LogP contribution in [0.2, 0.25) is 0 Å². The van der Waals surface area contributed by atoms with Gasteiger partial charge in [0.05, 0.1) is 23.8 Å². The summed E-state index contributed by atoms with van der Waals surface area (Å²) in [5.41, 5.74) is 4.41. The molecule has 0 fully saturated rings. The maximum atomic E-state index is 5.52. The Kier molecular flexibility index (Phi) is 3.04. The molecule has 112 valence electrons. The van der Waals surface area contributed by atoms with Crippen molar-refractivity contribution in [3.63, 3.8) is 0 Å². The zero-order chi connectivity index (χ0) is 15.1. The Morgan fingerprint density at radius 2 is 2.27 bits per heavy atom. The molecule has 3 aromatic rings. The molecule has 1 aromatic carbocycles. The number of hydrogen-bond acceptors (Lipinski definition) is 5. The van der Waals surface area contributed by atoms with Crippen molar-refractivity contribution in [1.29, 1.82) is 0 Å². The second-order valence-electron chi connectivity index (χ2n) is 5.79. The van der Waals surface area contributed by atoms with E-state index in [-0.39, 0.29) is 6.04 Å². The fourth-order valence-corrected chi connectivity index (χ4v) is 2.91. The van der Waals surface area contributed by atoms with E-state index in [9.17, 15) is 0 Å².